The SMILES string of the molecule is Cc1ccc(C)c(C(=O)COC(=O)/C=C/c2cccc3cccnc23)c1. The highest BCUT2D eigenvalue weighted by atomic mass is 16.5. The molecule has 0 saturated heterocycles. The third-order valence-electron chi connectivity index (χ3n) is 4.10. The fraction of sp³-hybridized carbons (Fsp3) is 0.136. The van der Waals surface area contributed by atoms with E-state index in [1.807, 2.05) is 62.4 Å². The third-order valence-corrected chi connectivity index (χ3v) is 4.10. The number of ether oxygens (including phenoxy) is 1. The van der Waals surface area contributed by atoms with Gasteiger partial charge in [-0.3, -0.25) is 9.78 Å². The monoisotopic (exact) mass is 345 g/mol. The number of hydrogen-bond donors (Lipinski definition) is 0. The summed E-state index contributed by atoms with van der Waals surface area (Å²) < 4.78 is 5.09. The van der Waals surface area contributed by atoms with E-state index in [2.05, 4.69) is 4.98 Å². The molecule has 0 bridgehead atoms. The van der Waals surface area contributed by atoms with Gasteiger partial charge in [-0.15, -0.1) is 0 Å². The summed E-state index contributed by atoms with van der Waals surface area (Å²) >= 11 is 0. The van der Waals surface area contributed by atoms with Crippen LogP contribution >= 0.6 is 0 Å². The van der Waals surface area contributed by atoms with Gasteiger partial charge in [-0.1, -0.05) is 42.0 Å². The highest BCUT2D eigenvalue weighted by Gasteiger charge is 2.11. The first-order valence-electron chi connectivity index (χ1n) is 8.33. The third kappa shape index (κ3) is 4.03. The molecule has 0 radical (unpaired) electrons. The summed E-state index contributed by atoms with van der Waals surface area (Å²) in [5.74, 6) is -0.767. The first kappa shape index (κ1) is 17.5. The van der Waals surface area contributed by atoms with E-state index >= 15 is 0 Å². The van der Waals surface area contributed by atoms with Gasteiger partial charge in [-0.25, -0.2) is 4.79 Å². The molecular weight excluding hydrogens is 326 g/mol. The Morgan fingerprint density at radius 3 is 2.73 bits per heavy atom. The smallest absolute Gasteiger partial charge is 0.331 e. The minimum absolute atomic E-state index is 0.209. The molecule has 26 heavy (non-hydrogen) atoms. The number of Topliss-reactive ketones (excluding diaryl/α,β-unsaturated/α-hetero) is 1. The molecule has 4 nitrogen and oxygen atoms in total. The average Bonchev–Trinajstić information content (AvgIpc) is 2.66. The Balaban J connectivity index is 1.66. The van der Waals surface area contributed by atoms with Gasteiger partial charge < -0.3 is 4.74 Å². The summed E-state index contributed by atoms with van der Waals surface area (Å²) in [4.78, 5) is 28.6. The van der Waals surface area contributed by atoms with Crippen LogP contribution < -0.4 is 0 Å². The number of esters is 1. The Bertz CT molecular complexity index is 1000. The Hall–Kier alpha value is -3.27. The number of carbonyl (C=O) groups is 2. The molecule has 0 atom stereocenters. The molecule has 3 aromatic rings. The number of para-hydroxylation sites is 1. The highest BCUT2D eigenvalue weighted by Crippen LogP contribution is 2.17. The number of nitrogens with zero attached hydrogens (tertiary/aromatic N) is 1. The Morgan fingerprint density at radius 1 is 1.08 bits per heavy atom. The molecule has 3 rings (SSSR count). The number of hydrogen-bond acceptors (Lipinski definition) is 4. The summed E-state index contributed by atoms with van der Waals surface area (Å²) in [5, 5.41) is 0.994. The lowest BCUT2D eigenvalue weighted by molar-refractivity contribution is -0.136. The summed E-state index contributed by atoms with van der Waals surface area (Å²) in [6.07, 6.45) is 4.68. The second-order valence-electron chi connectivity index (χ2n) is 6.10. The molecule has 0 N–H and O–H groups in total. The van der Waals surface area contributed by atoms with E-state index in [1.54, 1.807) is 12.3 Å². The highest BCUT2D eigenvalue weighted by molar-refractivity contribution is 6.00. The maximum atomic E-state index is 12.3. The van der Waals surface area contributed by atoms with Gasteiger partial charge in [-0.05, 0) is 37.6 Å². The standard InChI is InChI=1S/C22H19NO3/c1-15-8-9-16(2)19(13-15)20(24)14-26-21(25)11-10-18-6-3-5-17-7-4-12-23-22(17)18/h3-13H,14H2,1-2H3/b11-10+. The number of pyridine rings is 1. The summed E-state index contributed by atoms with van der Waals surface area (Å²) in [5.41, 5.74) is 4.08. The van der Waals surface area contributed by atoms with Gasteiger partial charge in [0.1, 0.15) is 0 Å². The lowest BCUT2D eigenvalue weighted by atomic mass is 10.0. The number of aromatic nitrogens is 1. The quantitative estimate of drug-likeness (QED) is 0.393. The predicted octanol–water partition coefficient (Wildman–Crippen LogP) is 4.29. The topological polar surface area (TPSA) is 56.3 Å². The van der Waals surface area contributed by atoms with E-state index in [4.69, 9.17) is 4.74 Å². The molecule has 130 valence electrons. The first-order chi connectivity index (χ1) is 12.5. The van der Waals surface area contributed by atoms with E-state index in [-0.39, 0.29) is 12.4 Å². The molecule has 0 unspecified atom stereocenters. The molecule has 4 heteroatoms. The molecule has 0 saturated carbocycles. The van der Waals surface area contributed by atoms with Crippen LogP contribution in [0.4, 0.5) is 0 Å². The largest absolute Gasteiger partial charge is 0.454 e. The van der Waals surface area contributed by atoms with Crippen LogP contribution in [0.1, 0.15) is 27.0 Å². The summed E-state index contributed by atoms with van der Waals surface area (Å²) in [6, 6.07) is 15.2. The van der Waals surface area contributed by atoms with Crippen LogP contribution in [0.3, 0.4) is 0 Å². The van der Waals surface area contributed by atoms with Crippen molar-refractivity contribution in [2.45, 2.75) is 13.8 Å². The number of rotatable bonds is 5. The second-order valence-corrected chi connectivity index (χ2v) is 6.10. The Morgan fingerprint density at radius 2 is 1.88 bits per heavy atom. The molecule has 0 aliphatic heterocycles. The zero-order valence-electron chi connectivity index (χ0n) is 14.7. The molecular formula is C22H19NO3. The van der Waals surface area contributed by atoms with Gasteiger partial charge in [0, 0.05) is 28.8 Å². The van der Waals surface area contributed by atoms with Gasteiger partial charge in [0.15, 0.2) is 6.61 Å². The molecule has 0 amide bonds. The van der Waals surface area contributed by atoms with Gasteiger partial charge in [0.25, 0.3) is 0 Å². The van der Waals surface area contributed by atoms with Gasteiger partial charge in [0.05, 0.1) is 5.52 Å². The predicted molar refractivity (Wildman–Crippen MR) is 102 cm³/mol. The minimum atomic E-state index is -0.559. The zero-order chi connectivity index (χ0) is 18.5. The van der Waals surface area contributed by atoms with Crippen LogP contribution in [-0.4, -0.2) is 23.3 Å². The zero-order valence-corrected chi connectivity index (χ0v) is 14.7. The van der Waals surface area contributed by atoms with Crippen molar-refractivity contribution in [2.75, 3.05) is 6.61 Å². The molecule has 1 aromatic heterocycles. The van der Waals surface area contributed by atoms with E-state index < -0.39 is 5.97 Å². The molecule has 1 heterocycles. The number of aryl methyl sites for hydroxylation is 2. The van der Waals surface area contributed by atoms with Crippen molar-refractivity contribution in [3.8, 4) is 0 Å². The Kier molecular flexibility index (Phi) is 5.23. The van der Waals surface area contributed by atoms with Crippen molar-refractivity contribution in [1.29, 1.82) is 0 Å². The van der Waals surface area contributed by atoms with Crippen molar-refractivity contribution in [1.82, 2.24) is 4.98 Å². The van der Waals surface area contributed by atoms with Gasteiger partial charge in [0.2, 0.25) is 5.78 Å². The number of benzene rings is 2. The maximum Gasteiger partial charge on any atom is 0.331 e. The van der Waals surface area contributed by atoms with E-state index in [0.29, 0.717) is 5.56 Å². The van der Waals surface area contributed by atoms with Gasteiger partial charge >= 0.3 is 5.97 Å². The van der Waals surface area contributed by atoms with Crippen LogP contribution in [0, 0.1) is 13.8 Å². The molecule has 0 aliphatic carbocycles. The molecule has 0 fully saturated rings. The van der Waals surface area contributed by atoms with Crippen LogP contribution in [0.15, 0.2) is 60.8 Å². The van der Waals surface area contributed by atoms with Crippen molar-refractivity contribution in [3.05, 3.63) is 83.1 Å². The number of carbonyl (C=O) groups excluding carboxylic acids is 2. The molecule has 0 aliphatic rings. The first-order valence-corrected chi connectivity index (χ1v) is 8.33. The van der Waals surface area contributed by atoms with E-state index in [9.17, 15) is 9.59 Å². The second kappa shape index (κ2) is 7.74. The van der Waals surface area contributed by atoms with Crippen molar-refractivity contribution in [2.24, 2.45) is 0 Å². The van der Waals surface area contributed by atoms with E-state index in [0.717, 1.165) is 27.6 Å². The molecule has 2 aromatic carbocycles. The number of fused-ring (bicyclic) bond motifs is 1. The van der Waals surface area contributed by atoms with Crippen LogP contribution in [0.25, 0.3) is 17.0 Å². The number of ketones is 1. The normalized spacial score (nSPS) is 11.0. The summed E-state index contributed by atoms with van der Waals surface area (Å²) in [6.45, 7) is 3.51. The van der Waals surface area contributed by atoms with Crippen LogP contribution in [0.2, 0.25) is 0 Å². The van der Waals surface area contributed by atoms with Crippen LogP contribution in [0.5, 0.6) is 0 Å². The minimum Gasteiger partial charge on any atom is -0.454 e. The maximum absolute atomic E-state index is 12.3. The van der Waals surface area contributed by atoms with Crippen molar-refractivity contribution in [3.63, 3.8) is 0 Å². The Labute approximate surface area is 152 Å². The van der Waals surface area contributed by atoms with Crippen LogP contribution in [-0.2, 0) is 9.53 Å². The van der Waals surface area contributed by atoms with Crippen molar-refractivity contribution < 1.29 is 14.3 Å². The fourth-order valence-electron chi connectivity index (χ4n) is 2.72. The fourth-order valence-corrected chi connectivity index (χ4v) is 2.72. The average molecular weight is 345 g/mol. The van der Waals surface area contributed by atoms with Gasteiger partial charge in [-0.2, -0.15) is 0 Å². The molecule has 0 spiro atoms. The van der Waals surface area contributed by atoms with Crippen molar-refractivity contribution >= 4 is 28.7 Å². The lowest BCUT2D eigenvalue weighted by Crippen LogP contribution is -2.13. The van der Waals surface area contributed by atoms with E-state index in [1.165, 1.54) is 6.08 Å². The summed E-state index contributed by atoms with van der Waals surface area (Å²) in [7, 11) is 0. The lowest BCUT2D eigenvalue weighted by Gasteiger charge is -2.06.